The number of aryl methyl sites for hydroxylation is 2. The van der Waals surface area contributed by atoms with Gasteiger partial charge >= 0.3 is 0 Å². The summed E-state index contributed by atoms with van der Waals surface area (Å²) in [4.78, 5) is 31.3. The number of carbonyl (C=O) groups is 1. The number of aromatic amines is 1. The molecule has 26 heavy (non-hydrogen) atoms. The predicted octanol–water partition coefficient (Wildman–Crippen LogP) is 3.34. The van der Waals surface area contributed by atoms with Crippen molar-refractivity contribution < 1.29 is 4.79 Å². The van der Waals surface area contributed by atoms with Gasteiger partial charge in [-0.15, -0.1) is 0 Å². The maximum atomic E-state index is 12.4. The Morgan fingerprint density at radius 3 is 2.65 bits per heavy atom. The summed E-state index contributed by atoms with van der Waals surface area (Å²) in [6, 6.07) is 11.8. The lowest BCUT2D eigenvalue weighted by Gasteiger charge is -2.17. The average molecular weight is 374 g/mol. The first-order valence-electron chi connectivity index (χ1n) is 9.09. The number of carbonyl (C=O) groups excluding carboxylic acids is 1. The molecule has 0 saturated heterocycles. The van der Waals surface area contributed by atoms with Gasteiger partial charge in [0, 0.05) is 17.8 Å². The van der Waals surface area contributed by atoms with Crippen LogP contribution in [0.25, 0.3) is 0 Å². The highest BCUT2D eigenvalue weighted by Crippen LogP contribution is 2.19. The lowest BCUT2D eigenvalue weighted by Crippen LogP contribution is -2.38. The largest absolute Gasteiger partial charge is 0.353 e. The maximum absolute atomic E-state index is 12.4. The Kier molecular flexibility index (Phi) is 7.91. The molecule has 2 aromatic rings. The first-order valence-corrected chi connectivity index (χ1v) is 9.97. The molecule has 1 aromatic carbocycles. The second-order valence-corrected chi connectivity index (χ2v) is 7.82. The summed E-state index contributed by atoms with van der Waals surface area (Å²) in [5, 5.41) is 3.22. The maximum Gasteiger partial charge on any atom is 0.251 e. The topological polar surface area (TPSA) is 74.8 Å². The molecule has 140 valence electrons. The van der Waals surface area contributed by atoms with E-state index in [0.29, 0.717) is 5.16 Å². The van der Waals surface area contributed by atoms with Crippen molar-refractivity contribution in [3.05, 3.63) is 58.0 Å². The van der Waals surface area contributed by atoms with Crippen LogP contribution in [0.15, 0.2) is 46.3 Å². The summed E-state index contributed by atoms with van der Waals surface area (Å²) in [7, 11) is 0. The Labute approximate surface area is 159 Å². The highest BCUT2D eigenvalue weighted by molar-refractivity contribution is 8.00. The van der Waals surface area contributed by atoms with E-state index in [-0.39, 0.29) is 22.8 Å². The van der Waals surface area contributed by atoms with Crippen LogP contribution >= 0.6 is 11.8 Å². The lowest BCUT2D eigenvalue weighted by molar-refractivity contribution is -0.120. The van der Waals surface area contributed by atoms with Gasteiger partial charge in [-0.1, -0.05) is 55.4 Å². The smallest absolute Gasteiger partial charge is 0.251 e. The third-order valence-electron chi connectivity index (χ3n) is 4.03. The molecular weight excluding hydrogens is 346 g/mol. The van der Waals surface area contributed by atoms with Crippen LogP contribution in [0, 0.1) is 0 Å². The monoisotopic (exact) mass is 373 g/mol. The molecule has 1 aromatic heterocycles. The van der Waals surface area contributed by atoms with E-state index in [1.54, 1.807) is 0 Å². The van der Waals surface area contributed by atoms with E-state index >= 15 is 0 Å². The minimum absolute atomic E-state index is 0.0425. The molecule has 0 aliphatic heterocycles. The molecule has 1 amide bonds. The fourth-order valence-corrected chi connectivity index (χ4v) is 3.44. The molecule has 1 heterocycles. The number of thioether (sulfide) groups is 1. The van der Waals surface area contributed by atoms with Gasteiger partial charge in [0.15, 0.2) is 5.16 Å². The van der Waals surface area contributed by atoms with Gasteiger partial charge < -0.3 is 10.3 Å². The number of aromatic nitrogens is 2. The van der Waals surface area contributed by atoms with Crippen LogP contribution in [-0.2, 0) is 17.6 Å². The molecule has 0 aliphatic rings. The number of hydrogen-bond donors (Lipinski definition) is 2. The minimum Gasteiger partial charge on any atom is -0.353 e. The van der Waals surface area contributed by atoms with Crippen LogP contribution in [0.5, 0.6) is 0 Å². The van der Waals surface area contributed by atoms with Crippen LogP contribution in [0.1, 0.15) is 44.9 Å². The zero-order chi connectivity index (χ0) is 18.9. The number of amides is 1. The second-order valence-electron chi connectivity index (χ2n) is 6.49. The van der Waals surface area contributed by atoms with Gasteiger partial charge in [0.1, 0.15) is 0 Å². The van der Waals surface area contributed by atoms with Crippen molar-refractivity contribution in [2.75, 3.05) is 0 Å². The summed E-state index contributed by atoms with van der Waals surface area (Å²) < 4.78 is 0. The summed E-state index contributed by atoms with van der Waals surface area (Å²) in [6.07, 6.45) is 3.50. The van der Waals surface area contributed by atoms with Crippen LogP contribution in [0.2, 0.25) is 0 Å². The summed E-state index contributed by atoms with van der Waals surface area (Å²) in [5.74, 6) is -0.0425. The molecule has 5 nitrogen and oxygen atoms in total. The van der Waals surface area contributed by atoms with E-state index in [2.05, 4.69) is 27.4 Å². The Morgan fingerprint density at radius 2 is 1.96 bits per heavy atom. The molecule has 2 atom stereocenters. The van der Waals surface area contributed by atoms with Gasteiger partial charge in [-0.25, -0.2) is 4.98 Å². The van der Waals surface area contributed by atoms with Crippen molar-refractivity contribution in [1.82, 2.24) is 15.3 Å². The molecule has 2 N–H and O–H groups in total. The van der Waals surface area contributed by atoms with Crippen molar-refractivity contribution in [1.29, 1.82) is 0 Å². The summed E-state index contributed by atoms with van der Waals surface area (Å²) in [6.45, 7) is 5.89. The first-order chi connectivity index (χ1) is 12.5. The quantitative estimate of drug-likeness (QED) is 0.522. The molecule has 0 spiro atoms. The fourth-order valence-electron chi connectivity index (χ4n) is 2.60. The molecule has 6 heteroatoms. The number of H-pyrrole nitrogens is 1. The van der Waals surface area contributed by atoms with Crippen molar-refractivity contribution in [3.8, 4) is 0 Å². The Morgan fingerprint density at radius 1 is 1.23 bits per heavy atom. The van der Waals surface area contributed by atoms with Crippen LogP contribution in [0.4, 0.5) is 0 Å². The minimum atomic E-state index is -0.325. The summed E-state index contributed by atoms with van der Waals surface area (Å²) >= 11 is 1.28. The van der Waals surface area contributed by atoms with E-state index in [1.807, 2.05) is 39.0 Å². The van der Waals surface area contributed by atoms with Crippen molar-refractivity contribution >= 4 is 17.7 Å². The van der Waals surface area contributed by atoms with Crippen molar-refractivity contribution in [2.24, 2.45) is 0 Å². The van der Waals surface area contributed by atoms with E-state index in [0.717, 1.165) is 31.4 Å². The molecular formula is C20H27N3O2S. The second kappa shape index (κ2) is 10.2. The zero-order valence-electron chi connectivity index (χ0n) is 15.6. The van der Waals surface area contributed by atoms with E-state index in [9.17, 15) is 9.59 Å². The van der Waals surface area contributed by atoms with Gasteiger partial charge in [0.25, 0.3) is 5.56 Å². The molecule has 0 bridgehead atoms. The normalized spacial score (nSPS) is 13.2. The Hall–Kier alpha value is -2.08. The van der Waals surface area contributed by atoms with Crippen LogP contribution in [-0.4, -0.2) is 27.2 Å². The van der Waals surface area contributed by atoms with E-state index in [4.69, 9.17) is 0 Å². The molecule has 0 saturated carbocycles. The van der Waals surface area contributed by atoms with Crippen molar-refractivity contribution in [2.45, 2.75) is 62.9 Å². The van der Waals surface area contributed by atoms with E-state index in [1.165, 1.54) is 23.4 Å². The van der Waals surface area contributed by atoms with Gasteiger partial charge in [0.2, 0.25) is 5.91 Å². The molecule has 0 radical (unpaired) electrons. The molecule has 0 unspecified atom stereocenters. The number of rotatable bonds is 9. The number of nitrogens with zero attached hydrogens (tertiary/aromatic N) is 1. The lowest BCUT2D eigenvalue weighted by atomic mass is 10.1. The third-order valence-corrected chi connectivity index (χ3v) is 5.02. The molecule has 0 aliphatic carbocycles. The Balaban J connectivity index is 1.86. The molecule has 2 rings (SSSR count). The average Bonchev–Trinajstić information content (AvgIpc) is 2.60. The Bertz CT molecular complexity index is 761. The number of benzene rings is 1. The van der Waals surface area contributed by atoms with Gasteiger partial charge in [-0.3, -0.25) is 9.59 Å². The van der Waals surface area contributed by atoms with Gasteiger partial charge in [-0.05, 0) is 38.7 Å². The standard InChI is InChI=1S/C20H27N3O2S/c1-4-8-17-13-18(24)23-20(22-17)26-15(3)19(25)21-14(2)11-12-16-9-6-5-7-10-16/h5-7,9-10,13-15H,4,8,11-12H2,1-3H3,(H,21,25)(H,22,23,24)/t14-,15+/m1/s1. The van der Waals surface area contributed by atoms with E-state index < -0.39 is 0 Å². The summed E-state index contributed by atoms with van der Waals surface area (Å²) in [5.41, 5.74) is 1.86. The molecule has 0 fully saturated rings. The van der Waals surface area contributed by atoms with Crippen molar-refractivity contribution in [3.63, 3.8) is 0 Å². The highest BCUT2D eigenvalue weighted by Gasteiger charge is 2.18. The number of nitrogens with one attached hydrogen (secondary N) is 2. The zero-order valence-corrected chi connectivity index (χ0v) is 16.4. The third kappa shape index (κ3) is 6.67. The van der Waals surface area contributed by atoms with Crippen LogP contribution < -0.4 is 10.9 Å². The number of hydrogen-bond acceptors (Lipinski definition) is 4. The SMILES string of the molecule is CCCc1cc(=O)[nH]c(S[C@@H](C)C(=O)N[C@H](C)CCc2ccccc2)n1. The van der Waals surface area contributed by atoms with Gasteiger partial charge in [-0.2, -0.15) is 0 Å². The van der Waals surface area contributed by atoms with Gasteiger partial charge in [0.05, 0.1) is 5.25 Å². The fraction of sp³-hybridized carbons (Fsp3) is 0.450. The first kappa shape index (κ1) is 20.2. The predicted molar refractivity (Wildman–Crippen MR) is 107 cm³/mol. The van der Waals surface area contributed by atoms with Crippen LogP contribution in [0.3, 0.4) is 0 Å². The highest BCUT2D eigenvalue weighted by atomic mass is 32.2.